The number of nitrogens with zero attached hydrogens (tertiary/aromatic N) is 2. The lowest BCUT2D eigenvalue weighted by Gasteiger charge is -2.07. The van der Waals surface area contributed by atoms with Crippen molar-refractivity contribution < 1.29 is 14.6 Å². The Labute approximate surface area is 95.4 Å². The number of aliphatic hydroxyl groups excluding tert-OH is 1. The van der Waals surface area contributed by atoms with Crippen molar-refractivity contribution >= 4 is 0 Å². The van der Waals surface area contributed by atoms with Crippen LogP contribution in [0.15, 0.2) is 12.4 Å². The molecule has 0 bridgehead atoms. The van der Waals surface area contributed by atoms with E-state index < -0.39 is 0 Å². The van der Waals surface area contributed by atoms with Crippen LogP contribution in [0.25, 0.3) is 0 Å². The summed E-state index contributed by atoms with van der Waals surface area (Å²) in [4.78, 5) is 7.93. The number of aromatic nitrogens is 2. The second-order valence-electron chi connectivity index (χ2n) is 3.82. The summed E-state index contributed by atoms with van der Waals surface area (Å²) in [5, 5.41) is 8.76. The van der Waals surface area contributed by atoms with E-state index in [2.05, 4.69) is 23.8 Å². The van der Waals surface area contributed by atoms with Gasteiger partial charge in [0.05, 0.1) is 31.3 Å². The van der Waals surface area contributed by atoms with Crippen molar-refractivity contribution in [2.45, 2.75) is 20.5 Å². The van der Waals surface area contributed by atoms with Crippen LogP contribution in [-0.4, -0.2) is 34.9 Å². The van der Waals surface area contributed by atoms with Crippen molar-refractivity contribution in [3.05, 3.63) is 18.1 Å². The van der Waals surface area contributed by atoms with E-state index >= 15 is 0 Å². The first-order valence-corrected chi connectivity index (χ1v) is 5.34. The summed E-state index contributed by atoms with van der Waals surface area (Å²) in [6.07, 6.45) is 2.98. The van der Waals surface area contributed by atoms with Crippen molar-refractivity contribution in [3.63, 3.8) is 0 Å². The standard InChI is InChI=1S/C11H18N2O3/c1-9(2)8-15-3-4-16-11-6-12-10(7-14)5-13-11/h5-6,9,14H,3-4,7-8H2,1-2H3. The molecule has 1 aromatic rings. The van der Waals surface area contributed by atoms with E-state index in [9.17, 15) is 0 Å². The predicted molar refractivity (Wildman–Crippen MR) is 59.1 cm³/mol. The molecule has 0 aliphatic rings. The van der Waals surface area contributed by atoms with Gasteiger partial charge in [-0.1, -0.05) is 13.8 Å². The number of rotatable bonds is 7. The first-order valence-electron chi connectivity index (χ1n) is 5.34. The Bertz CT molecular complexity index is 288. The summed E-state index contributed by atoms with van der Waals surface area (Å²) >= 11 is 0. The average molecular weight is 226 g/mol. The number of hydrogen-bond donors (Lipinski definition) is 1. The Morgan fingerprint density at radius 1 is 1.25 bits per heavy atom. The summed E-state index contributed by atoms with van der Waals surface area (Å²) in [5.41, 5.74) is 0.531. The molecule has 5 nitrogen and oxygen atoms in total. The zero-order valence-electron chi connectivity index (χ0n) is 9.72. The van der Waals surface area contributed by atoms with Crippen LogP contribution in [0.3, 0.4) is 0 Å². The molecule has 0 unspecified atom stereocenters. The number of hydrogen-bond acceptors (Lipinski definition) is 5. The van der Waals surface area contributed by atoms with Crippen molar-refractivity contribution in [3.8, 4) is 5.88 Å². The molecule has 90 valence electrons. The first kappa shape index (κ1) is 12.9. The molecule has 0 aromatic carbocycles. The molecule has 16 heavy (non-hydrogen) atoms. The molecule has 0 aliphatic heterocycles. The van der Waals surface area contributed by atoms with Gasteiger partial charge in [-0.15, -0.1) is 0 Å². The number of ether oxygens (including phenoxy) is 2. The van der Waals surface area contributed by atoms with Crippen LogP contribution in [0, 0.1) is 5.92 Å². The van der Waals surface area contributed by atoms with Gasteiger partial charge in [0.1, 0.15) is 6.61 Å². The molecule has 1 N–H and O–H groups in total. The van der Waals surface area contributed by atoms with Crippen molar-refractivity contribution in [2.75, 3.05) is 19.8 Å². The Morgan fingerprint density at radius 2 is 2.06 bits per heavy atom. The quantitative estimate of drug-likeness (QED) is 0.703. The zero-order valence-corrected chi connectivity index (χ0v) is 9.72. The third kappa shape index (κ3) is 5.04. The molecule has 5 heteroatoms. The van der Waals surface area contributed by atoms with Gasteiger partial charge in [-0.2, -0.15) is 0 Å². The normalized spacial score (nSPS) is 10.8. The second-order valence-corrected chi connectivity index (χ2v) is 3.82. The van der Waals surface area contributed by atoms with Crippen LogP contribution in [0.5, 0.6) is 5.88 Å². The molecule has 0 saturated carbocycles. The van der Waals surface area contributed by atoms with Crippen LogP contribution in [-0.2, 0) is 11.3 Å². The Balaban J connectivity index is 2.16. The lowest BCUT2D eigenvalue weighted by atomic mass is 10.2. The van der Waals surface area contributed by atoms with Crippen LogP contribution in [0.1, 0.15) is 19.5 Å². The van der Waals surface area contributed by atoms with Crippen molar-refractivity contribution in [1.82, 2.24) is 9.97 Å². The molecular weight excluding hydrogens is 208 g/mol. The van der Waals surface area contributed by atoms with Gasteiger partial charge in [-0.3, -0.25) is 4.98 Å². The fourth-order valence-electron chi connectivity index (χ4n) is 1.02. The van der Waals surface area contributed by atoms with Crippen LogP contribution >= 0.6 is 0 Å². The van der Waals surface area contributed by atoms with Gasteiger partial charge in [0.2, 0.25) is 5.88 Å². The van der Waals surface area contributed by atoms with E-state index in [4.69, 9.17) is 14.6 Å². The summed E-state index contributed by atoms with van der Waals surface area (Å²) in [7, 11) is 0. The van der Waals surface area contributed by atoms with E-state index in [-0.39, 0.29) is 6.61 Å². The Hall–Kier alpha value is -1.20. The molecule has 0 fully saturated rings. The average Bonchev–Trinajstić information content (AvgIpc) is 2.29. The molecule has 1 aromatic heterocycles. The van der Waals surface area contributed by atoms with Gasteiger partial charge < -0.3 is 14.6 Å². The highest BCUT2D eigenvalue weighted by Gasteiger charge is 1.98. The third-order valence-electron chi connectivity index (χ3n) is 1.77. The van der Waals surface area contributed by atoms with Gasteiger partial charge in [0, 0.05) is 6.61 Å². The van der Waals surface area contributed by atoms with E-state index in [1.165, 1.54) is 12.4 Å². The molecule has 0 aliphatic carbocycles. The van der Waals surface area contributed by atoms with Crippen LogP contribution in [0.2, 0.25) is 0 Å². The fraction of sp³-hybridized carbons (Fsp3) is 0.636. The van der Waals surface area contributed by atoms with Crippen molar-refractivity contribution in [2.24, 2.45) is 5.92 Å². The molecule has 1 heterocycles. The highest BCUT2D eigenvalue weighted by Crippen LogP contribution is 2.03. The highest BCUT2D eigenvalue weighted by atomic mass is 16.5. The van der Waals surface area contributed by atoms with Gasteiger partial charge >= 0.3 is 0 Å². The maximum atomic E-state index is 8.76. The first-order chi connectivity index (χ1) is 7.72. The molecular formula is C11H18N2O3. The Kier molecular flexibility index (Phi) is 5.74. The summed E-state index contributed by atoms with van der Waals surface area (Å²) in [5.74, 6) is 0.981. The highest BCUT2D eigenvalue weighted by molar-refractivity contribution is 5.06. The summed E-state index contributed by atoms with van der Waals surface area (Å²) < 4.78 is 10.7. The van der Waals surface area contributed by atoms with E-state index in [0.29, 0.717) is 30.7 Å². The van der Waals surface area contributed by atoms with E-state index in [1.807, 2.05) is 0 Å². The van der Waals surface area contributed by atoms with Gasteiger partial charge in [-0.05, 0) is 5.92 Å². The monoisotopic (exact) mass is 226 g/mol. The predicted octanol–water partition coefficient (Wildman–Crippen LogP) is 1.02. The third-order valence-corrected chi connectivity index (χ3v) is 1.77. The zero-order chi connectivity index (χ0) is 11.8. The summed E-state index contributed by atoms with van der Waals surface area (Å²) in [6, 6.07) is 0. The topological polar surface area (TPSA) is 64.5 Å². The maximum Gasteiger partial charge on any atom is 0.232 e. The van der Waals surface area contributed by atoms with Gasteiger partial charge in [-0.25, -0.2) is 4.98 Å². The van der Waals surface area contributed by atoms with Crippen LogP contribution < -0.4 is 4.74 Å². The van der Waals surface area contributed by atoms with Crippen molar-refractivity contribution in [1.29, 1.82) is 0 Å². The molecule has 0 amide bonds. The van der Waals surface area contributed by atoms with E-state index in [1.54, 1.807) is 0 Å². The number of aliphatic hydroxyl groups is 1. The Morgan fingerprint density at radius 3 is 2.62 bits per heavy atom. The molecule has 1 rings (SSSR count). The molecule has 0 saturated heterocycles. The smallest absolute Gasteiger partial charge is 0.232 e. The molecule has 0 atom stereocenters. The molecule has 0 spiro atoms. The minimum absolute atomic E-state index is 0.106. The van der Waals surface area contributed by atoms with Gasteiger partial charge in [0.15, 0.2) is 0 Å². The fourth-order valence-corrected chi connectivity index (χ4v) is 1.02. The maximum absolute atomic E-state index is 8.76. The largest absolute Gasteiger partial charge is 0.474 e. The molecule has 0 radical (unpaired) electrons. The van der Waals surface area contributed by atoms with Gasteiger partial charge in [0.25, 0.3) is 0 Å². The van der Waals surface area contributed by atoms with Crippen LogP contribution in [0.4, 0.5) is 0 Å². The second kappa shape index (κ2) is 7.14. The lowest BCUT2D eigenvalue weighted by molar-refractivity contribution is 0.0804. The summed E-state index contributed by atoms with van der Waals surface area (Å²) in [6.45, 7) is 5.82. The minimum Gasteiger partial charge on any atom is -0.474 e. The van der Waals surface area contributed by atoms with E-state index in [0.717, 1.165) is 6.61 Å². The minimum atomic E-state index is -0.106. The lowest BCUT2D eigenvalue weighted by Crippen LogP contribution is -2.11. The SMILES string of the molecule is CC(C)COCCOc1cnc(CO)cn1.